The summed E-state index contributed by atoms with van der Waals surface area (Å²) in [6.45, 7) is 6.00. The van der Waals surface area contributed by atoms with E-state index in [4.69, 9.17) is 0 Å². The third-order valence-corrected chi connectivity index (χ3v) is 3.87. The van der Waals surface area contributed by atoms with Crippen LogP contribution >= 0.6 is 0 Å². The maximum Gasteiger partial charge on any atom is 0.130 e. The minimum Gasteiger partial charge on any atom is -0.313 e. The second kappa shape index (κ2) is 6.19. The summed E-state index contributed by atoms with van der Waals surface area (Å²) in [5.41, 5.74) is 5.21. The van der Waals surface area contributed by atoms with E-state index < -0.39 is 0 Å². The summed E-state index contributed by atoms with van der Waals surface area (Å²) in [4.78, 5) is 0. The van der Waals surface area contributed by atoms with Crippen LogP contribution in [-0.2, 0) is 6.42 Å². The Balaban J connectivity index is 2.34. The zero-order valence-electron chi connectivity index (χ0n) is 12.6. The largest absolute Gasteiger partial charge is 0.313 e. The lowest BCUT2D eigenvalue weighted by molar-refractivity contribution is 0.529. The Labute approximate surface area is 120 Å². The first kappa shape index (κ1) is 14.7. The molecule has 0 fully saturated rings. The van der Waals surface area contributed by atoms with E-state index in [1.807, 2.05) is 32.2 Å². The van der Waals surface area contributed by atoms with Crippen molar-refractivity contribution in [3.63, 3.8) is 0 Å². The molecular weight excluding hydrogens is 249 g/mol. The first-order valence-electron chi connectivity index (χ1n) is 7.01. The van der Waals surface area contributed by atoms with Gasteiger partial charge in [-0.2, -0.15) is 0 Å². The van der Waals surface area contributed by atoms with Crippen LogP contribution in [0.1, 0.15) is 33.9 Å². The van der Waals surface area contributed by atoms with Crippen molar-refractivity contribution in [2.45, 2.75) is 33.2 Å². The Hall–Kier alpha value is -1.67. The SMILES string of the molecule is CNC(Cc1cc(C)ccc1C)c1cccc(C)c1F. The summed E-state index contributed by atoms with van der Waals surface area (Å²) < 4.78 is 14.3. The summed E-state index contributed by atoms with van der Waals surface area (Å²) in [5, 5.41) is 3.24. The number of hydrogen-bond donors (Lipinski definition) is 1. The van der Waals surface area contributed by atoms with E-state index in [0.717, 1.165) is 12.0 Å². The van der Waals surface area contributed by atoms with Gasteiger partial charge in [-0.05, 0) is 50.9 Å². The quantitative estimate of drug-likeness (QED) is 0.876. The van der Waals surface area contributed by atoms with Gasteiger partial charge in [-0.1, -0.05) is 42.0 Å². The van der Waals surface area contributed by atoms with Crippen molar-refractivity contribution in [1.29, 1.82) is 0 Å². The van der Waals surface area contributed by atoms with Gasteiger partial charge in [0.25, 0.3) is 0 Å². The molecular formula is C18H22FN. The van der Waals surface area contributed by atoms with Crippen LogP contribution in [0.15, 0.2) is 36.4 Å². The number of nitrogens with one attached hydrogen (secondary N) is 1. The third-order valence-electron chi connectivity index (χ3n) is 3.87. The molecule has 2 heteroatoms. The first-order chi connectivity index (χ1) is 9.52. The molecule has 0 aliphatic rings. The van der Waals surface area contributed by atoms with Crippen LogP contribution in [0, 0.1) is 26.6 Å². The smallest absolute Gasteiger partial charge is 0.130 e. The second-order valence-corrected chi connectivity index (χ2v) is 5.45. The van der Waals surface area contributed by atoms with Gasteiger partial charge in [0.05, 0.1) is 0 Å². The van der Waals surface area contributed by atoms with Crippen molar-refractivity contribution in [3.05, 3.63) is 70.0 Å². The average molecular weight is 271 g/mol. The molecule has 0 aliphatic carbocycles. The molecule has 0 radical (unpaired) electrons. The highest BCUT2D eigenvalue weighted by Gasteiger charge is 2.16. The zero-order chi connectivity index (χ0) is 14.7. The number of benzene rings is 2. The minimum absolute atomic E-state index is 0.00426. The highest BCUT2D eigenvalue weighted by molar-refractivity contribution is 5.34. The topological polar surface area (TPSA) is 12.0 Å². The van der Waals surface area contributed by atoms with Crippen LogP contribution in [0.25, 0.3) is 0 Å². The molecule has 2 rings (SSSR count). The zero-order valence-corrected chi connectivity index (χ0v) is 12.6. The fourth-order valence-corrected chi connectivity index (χ4v) is 2.55. The highest BCUT2D eigenvalue weighted by atomic mass is 19.1. The minimum atomic E-state index is -0.0999. The van der Waals surface area contributed by atoms with Gasteiger partial charge < -0.3 is 5.32 Å². The fraction of sp³-hybridized carbons (Fsp3) is 0.333. The van der Waals surface area contributed by atoms with E-state index in [1.165, 1.54) is 16.7 Å². The predicted molar refractivity (Wildman–Crippen MR) is 82.6 cm³/mol. The second-order valence-electron chi connectivity index (χ2n) is 5.45. The van der Waals surface area contributed by atoms with Crippen LogP contribution in [-0.4, -0.2) is 7.05 Å². The molecule has 0 saturated heterocycles. The van der Waals surface area contributed by atoms with Crippen molar-refractivity contribution in [3.8, 4) is 0 Å². The molecule has 0 spiro atoms. The average Bonchev–Trinajstić information content (AvgIpc) is 2.43. The molecule has 0 heterocycles. The molecule has 0 bridgehead atoms. The summed E-state index contributed by atoms with van der Waals surface area (Å²) in [6.07, 6.45) is 0.796. The van der Waals surface area contributed by atoms with E-state index in [2.05, 4.69) is 37.4 Å². The summed E-state index contributed by atoms with van der Waals surface area (Å²) in [6, 6.07) is 12.0. The molecule has 1 N–H and O–H groups in total. The molecule has 1 nitrogen and oxygen atoms in total. The maximum absolute atomic E-state index is 14.3. The van der Waals surface area contributed by atoms with Crippen LogP contribution < -0.4 is 5.32 Å². The highest BCUT2D eigenvalue weighted by Crippen LogP contribution is 2.24. The van der Waals surface area contributed by atoms with E-state index in [-0.39, 0.29) is 11.9 Å². The van der Waals surface area contributed by atoms with Crippen molar-refractivity contribution in [2.75, 3.05) is 7.05 Å². The summed E-state index contributed by atoms with van der Waals surface area (Å²) in [7, 11) is 1.89. The molecule has 20 heavy (non-hydrogen) atoms. The molecule has 1 unspecified atom stereocenters. The van der Waals surface area contributed by atoms with Crippen molar-refractivity contribution in [2.24, 2.45) is 0 Å². The lowest BCUT2D eigenvalue weighted by Crippen LogP contribution is -2.21. The maximum atomic E-state index is 14.3. The third kappa shape index (κ3) is 3.07. The number of rotatable bonds is 4. The summed E-state index contributed by atoms with van der Waals surface area (Å²) >= 11 is 0. The van der Waals surface area contributed by atoms with Gasteiger partial charge in [0.1, 0.15) is 5.82 Å². The molecule has 1 atom stereocenters. The van der Waals surface area contributed by atoms with Crippen LogP contribution in [0.4, 0.5) is 4.39 Å². The summed E-state index contributed by atoms with van der Waals surface area (Å²) in [5.74, 6) is -0.0999. The van der Waals surface area contributed by atoms with Gasteiger partial charge in [0.15, 0.2) is 0 Å². The molecule has 0 amide bonds. The Kier molecular flexibility index (Phi) is 4.56. The molecule has 2 aromatic rings. The van der Waals surface area contributed by atoms with Gasteiger partial charge in [-0.15, -0.1) is 0 Å². The Bertz CT molecular complexity index is 604. The Morgan fingerprint density at radius 2 is 1.80 bits per heavy atom. The van der Waals surface area contributed by atoms with Gasteiger partial charge in [-0.25, -0.2) is 4.39 Å². The van der Waals surface area contributed by atoms with E-state index >= 15 is 0 Å². The lowest BCUT2D eigenvalue weighted by atomic mass is 9.94. The predicted octanol–water partition coefficient (Wildman–Crippen LogP) is 4.25. The Morgan fingerprint density at radius 3 is 2.50 bits per heavy atom. The first-order valence-corrected chi connectivity index (χ1v) is 7.01. The monoisotopic (exact) mass is 271 g/mol. The van der Waals surface area contributed by atoms with Gasteiger partial charge in [0, 0.05) is 11.6 Å². The van der Waals surface area contributed by atoms with Gasteiger partial charge in [-0.3, -0.25) is 0 Å². The van der Waals surface area contributed by atoms with E-state index in [9.17, 15) is 4.39 Å². The van der Waals surface area contributed by atoms with Crippen LogP contribution in [0.5, 0.6) is 0 Å². The standard InChI is InChI=1S/C18H22FN/c1-12-8-9-13(2)15(10-12)11-17(20-4)16-7-5-6-14(3)18(16)19/h5-10,17,20H,11H2,1-4H3. The molecule has 2 aromatic carbocycles. The molecule has 0 aliphatic heterocycles. The van der Waals surface area contributed by atoms with Crippen LogP contribution in [0.2, 0.25) is 0 Å². The number of halogens is 1. The Morgan fingerprint density at radius 1 is 1.05 bits per heavy atom. The number of aryl methyl sites for hydroxylation is 3. The number of likely N-dealkylation sites (N-methyl/N-ethyl adjacent to an activating group) is 1. The molecule has 0 saturated carbocycles. The normalized spacial score (nSPS) is 12.4. The lowest BCUT2D eigenvalue weighted by Gasteiger charge is -2.19. The molecule has 106 valence electrons. The van der Waals surface area contributed by atoms with Crippen molar-refractivity contribution in [1.82, 2.24) is 5.32 Å². The molecule has 0 aromatic heterocycles. The van der Waals surface area contributed by atoms with Gasteiger partial charge >= 0.3 is 0 Å². The van der Waals surface area contributed by atoms with E-state index in [0.29, 0.717) is 5.56 Å². The van der Waals surface area contributed by atoms with Crippen molar-refractivity contribution >= 4 is 0 Å². The van der Waals surface area contributed by atoms with Crippen LogP contribution in [0.3, 0.4) is 0 Å². The fourth-order valence-electron chi connectivity index (χ4n) is 2.55. The number of hydrogen-bond acceptors (Lipinski definition) is 1. The van der Waals surface area contributed by atoms with E-state index in [1.54, 1.807) is 0 Å². The van der Waals surface area contributed by atoms with Gasteiger partial charge in [0.2, 0.25) is 0 Å². The van der Waals surface area contributed by atoms with Crippen molar-refractivity contribution < 1.29 is 4.39 Å².